The summed E-state index contributed by atoms with van der Waals surface area (Å²) in [5.74, 6) is 0. The maximum Gasteiger partial charge on any atom is 0.263 e. The molecule has 1 aromatic heterocycles. The van der Waals surface area contributed by atoms with E-state index >= 15 is 0 Å². The Hall–Kier alpha value is -0.890. The van der Waals surface area contributed by atoms with Crippen molar-refractivity contribution in [2.75, 3.05) is 4.72 Å². The molecule has 0 unspecified atom stereocenters. The third-order valence-electron chi connectivity index (χ3n) is 2.50. The summed E-state index contributed by atoms with van der Waals surface area (Å²) in [5.41, 5.74) is 1.12. The fourth-order valence-corrected chi connectivity index (χ4v) is 4.67. The SMILES string of the molecule is Cc1csc(CO)c1S(=O)(=O)Nc1ccc(Br)cc1. The molecule has 0 atom stereocenters. The van der Waals surface area contributed by atoms with Crippen molar-refractivity contribution in [1.29, 1.82) is 0 Å². The van der Waals surface area contributed by atoms with E-state index in [2.05, 4.69) is 20.7 Å². The number of anilines is 1. The van der Waals surface area contributed by atoms with E-state index in [0.717, 1.165) is 4.47 Å². The number of nitrogens with one attached hydrogen (secondary N) is 1. The van der Waals surface area contributed by atoms with Crippen molar-refractivity contribution >= 4 is 43.0 Å². The highest BCUT2D eigenvalue weighted by atomic mass is 79.9. The van der Waals surface area contributed by atoms with Crippen LogP contribution in [0, 0.1) is 6.92 Å². The van der Waals surface area contributed by atoms with Gasteiger partial charge in [-0.25, -0.2) is 8.42 Å². The van der Waals surface area contributed by atoms with Crippen molar-refractivity contribution in [2.24, 2.45) is 0 Å². The zero-order valence-corrected chi connectivity index (χ0v) is 13.3. The lowest BCUT2D eigenvalue weighted by Crippen LogP contribution is -2.14. The first-order valence-corrected chi connectivity index (χ1v) is 8.56. The number of hydrogen-bond donors (Lipinski definition) is 2. The van der Waals surface area contributed by atoms with Gasteiger partial charge in [0.25, 0.3) is 10.0 Å². The first-order valence-electron chi connectivity index (χ1n) is 5.40. The van der Waals surface area contributed by atoms with Crippen molar-refractivity contribution in [3.8, 4) is 0 Å². The van der Waals surface area contributed by atoms with Crippen molar-refractivity contribution in [2.45, 2.75) is 18.4 Å². The Morgan fingerprint density at radius 1 is 1.32 bits per heavy atom. The van der Waals surface area contributed by atoms with E-state index in [1.165, 1.54) is 11.3 Å². The molecule has 0 amide bonds. The molecule has 2 N–H and O–H groups in total. The Morgan fingerprint density at radius 3 is 2.53 bits per heavy atom. The van der Waals surface area contributed by atoms with Crippen LogP contribution in [-0.2, 0) is 16.6 Å². The molecule has 4 nitrogen and oxygen atoms in total. The maximum atomic E-state index is 12.3. The summed E-state index contributed by atoms with van der Waals surface area (Å²) in [6.07, 6.45) is 0. The van der Waals surface area contributed by atoms with Crippen LogP contribution in [0.3, 0.4) is 0 Å². The minimum atomic E-state index is -3.67. The summed E-state index contributed by atoms with van der Waals surface area (Å²) in [6.45, 7) is 1.43. The number of benzene rings is 1. The molecule has 2 aromatic rings. The number of aliphatic hydroxyl groups excluding tert-OH is 1. The van der Waals surface area contributed by atoms with Gasteiger partial charge >= 0.3 is 0 Å². The summed E-state index contributed by atoms with van der Waals surface area (Å²) in [6, 6.07) is 6.85. The lowest BCUT2D eigenvalue weighted by Gasteiger charge is -2.09. The van der Waals surface area contributed by atoms with Crippen molar-refractivity contribution in [3.63, 3.8) is 0 Å². The molecule has 0 spiro atoms. The van der Waals surface area contributed by atoms with Crippen LogP contribution < -0.4 is 4.72 Å². The first-order chi connectivity index (χ1) is 8.94. The summed E-state index contributed by atoms with van der Waals surface area (Å²) in [5, 5.41) is 10.9. The summed E-state index contributed by atoms with van der Waals surface area (Å²) in [4.78, 5) is 0.616. The number of hydrogen-bond acceptors (Lipinski definition) is 4. The number of aryl methyl sites for hydroxylation is 1. The van der Waals surface area contributed by atoms with Gasteiger partial charge in [-0.2, -0.15) is 0 Å². The lowest BCUT2D eigenvalue weighted by molar-refractivity contribution is 0.282. The van der Waals surface area contributed by atoms with Gasteiger partial charge in [-0.05, 0) is 42.1 Å². The van der Waals surface area contributed by atoms with Gasteiger partial charge in [0.1, 0.15) is 4.90 Å². The second-order valence-electron chi connectivity index (χ2n) is 3.94. The van der Waals surface area contributed by atoms with Crippen LogP contribution in [0.1, 0.15) is 10.4 Å². The predicted octanol–water partition coefficient (Wildman–Crippen LogP) is 3.11. The third-order valence-corrected chi connectivity index (χ3v) is 5.86. The first kappa shape index (κ1) is 14.5. The minimum absolute atomic E-state index is 0.169. The Bertz CT molecular complexity index is 678. The molecular formula is C12H12BrNO3S2. The Labute approximate surface area is 124 Å². The van der Waals surface area contributed by atoms with Crippen LogP contribution in [0.4, 0.5) is 5.69 Å². The van der Waals surface area contributed by atoms with E-state index < -0.39 is 10.0 Å². The maximum absolute atomic E-state index is 12.3. The summed E-state index contributed by atoms with van der Waals surface area (Å²) in [7, 11) is -3.67. The average molecular weight is 362 g/mol. The van der Waals surface area contributed by atoms with Crippen LogP contribution in [0.15, 0.2) is 39.0 Å². The van der Waals surface area contributed by atoms with Gasteiger partial charge in [0.15, 0.2) is 0 Å². The lowest BCUT2D eigenvalue weighted by atomic mass is 10.3. The normalized spacial score (nSPS) is 11.5. The van der Waals surface area contributed by atoms with E-state index in [0.29, 0.717) is 16.1 Å². The summed E-state index contributed by atoms with van der Waals surface area (Å²) >= 11 is 4.53. The molecule has 0 saturated carbocycles. The Balaban J connectivity index is 2.37. The van der Waals surface area contributed by atoms with E-state index in [1.54, 1.807) is 36.6 Å². The molecule has 102 valence electrons. The number of thiophene rings is 1. The molecule has 1 heterocycles. The molecule has 7 heteroatoms. The molecule has 2 rings (SSSR count). The fraction of sp³-hybridized carbons (Fsp3) is 0.167. The molecule has 0 fully saturated rings. The zero-order valence-electron chi connectivity index (χ0n) is 10.1. The summed E-state index contributed by atoms with van der Waals surface area (Å²) < 4.78 is 28.0. The molecule has 1 aromatic carbocycles. The van der Waals surface area contributed by atoms with Crippen molar-refractivity contribution in [1.82, 2.24) is 0 Å². The van der Waals surface area contributed by atoms with Crippen molar-refractivity contribution in [3.05, 3.63) is 44.6 Å². The quantitative estimate of drug-likeness (QED) is 0.878. The zero-order chi connectivity index (χ0) is 14.0. The van der Waals surface area contributed by atoms with Crippen LogP contribution >= 0.6 is 27.3 Å². The molecule has 0 saturated heterocycles. The molecule has 0 aliphatic heterocycles. The molecule has 0 bridgehead atoms. The highest BCUT2D eigenvalue weighted by molar-refractivity contribution is 9.10. The predicted molar refractivity (Wildman–Crippen MR) is 79.9 cm³/mol. The van der Waals surface area contributed by atoms with E-state index in [4.69, 9.17) is 0 Å². The van der Waals surface area contributed by atoms with Crippen LogP contribution in [0.25, 0.3) is 0 Å². The van der Waals surface area contributed by atoms with Gasteiger partial charge in [0.2, 0.25) is 0 Å². The van der Waals surface area contributed by atoms with Gasteiger partial charge in [0, 0.05) is 10.2 Å². The number of sulfonamides is 1. The Kier molecular flexibility index (Phi) is 4.29. The molecule has 0 radical (unpaired) electrons. The monoisotopic (exact) mass is 361 g/mol. The van der Waals surface area contributed by atoms with Crippen LogP contribution in [-0.4, -0.2) is 13.5 Å². The average Bonchev–Trinajstić information content (AvgIpc) is 2.74. The van der Waals surface area contributed by atoms with Gasteiger partial charge in [-0.1, -0.05) is 15.9 Å². The van der Waals surface area contributed by atoms with Gasteiger partial charge < -0.3 is 5.11 Å². The second kappa shape index (κ2) is 5.62. The van der Waals surface area contributed by atoms with E-state index in [9.17, 15) is 13.5 Å². The standard InChI is InChI=1S/C12H12BrNO3S2/c1-8-7-18-11(6-15)12(8)19(16,17)14-10-4-2-9(13)3-5-10/h2-5,7,14-15H,6H2,1H3. The number of halogens is 1. The van der Waals surface area contributed by atoms with Gasteiger partial charge in [-0.3, -0.25) is 4.72 Å². The molecule has 0 aliphatic carbocycles. The second-order valence-corrected chi connectivity index (χ2v) is 7.44. The molecule has 0 aliphatic rings. The minimum Gasteiger partial charge on any atom is -0.391 e. The fourth-order valence-electron chi connectivity index (χ4n) is 1.68. The highest BCUT2D eigenvalue weighted by Crippen LogP contribution is 2.28. The van der Waals surface area contributed by atoms with Gasteiger partial charge in [0.05, 0.1) is 11.5 Å². The van der Waals surface area contributed by atoms with Crippen LogP contribution in [0.5, 0.6) is 0 Å². The smallest absolute Gasteiger partial charge is 0.263 e. The number of rotatable bonds is 4. The van der Waals surface area contributed by atoms with Gasteiger partial charge in [-0.15, -0.1) is 11.3 Å². The largest absolute Gasteiger partial charge is 0.391 e. The van der Waals surface area contributed by atoms with E-state index in [1.807, 2.05) is 0 Å². The Morgan fingerprint density at radius 2 is 1.95 bits per heavy atom. The van der Waals surface area contributed by atoms with Crippen molar-refractivity contribution < 1.29 is 13.5 Å². The molecule has 19 heavy (non-hydrogen) atoms. The topological polar surface area (TPSA) is 66.4 Å². The third kappa shape index (κ3) is 3.17. The van der Waals surface area contributed by atoms with Crippen LogP contribution in [0.2, 0.25) is 0 Å². The number of aliphatic hydroxyl groups is 1. The highest BCUT2D eigenvalue weighted by Gasteiger charge is 2.22. The van der Waals surface area contributed by atoms with E-state index in [-0.39, 0.29) is 11.5 Å². The molecular weight excluding hydrogens is 350 g/mol.